The molecule has 1 heterocycles. The predicted octanol–water partition coefficient (Wildman–Crippen LogP) is 1.75. The second-order valence-electron chi connectivity index (χ2n) is 2.75. The summed E-state index contributed by atoms with van der Waals surface area (Å²) in [6.45, 7) is 8.13. The normalized spacial score (nSPS) is 7.82. The molecule has 0 radical (unpaired) electrons. The van der Waals surface area contributed by atoms with Crippen molar-refractivity contribution < 1.29 is 19.1 Å². The number of carbonyl (C=O) groups is 2. The van der Waals surface area contributed by atoms with Gasteiger partial charge < -0.3 is 9.94 Å². The molecular weight excluding hydrogens is 222 g/mol. The largest absolute Gasteiger partial charge is 0.619 e. The van der Waals surface area contributed by atoms with Gasteiger partial charge in [-0.05, 0) is 0 Å². The summed E-state index contributed by atoms with van der Waals surface area (Å²) in [6, 6.07) is 5.32. The Morgan fingerprint density at radius 3 is 1.82 bits per heavy atom. The van der Waals surface area contributed by atoms with Gasteiger partial charge in [0.2, 0.25) is 0 Å². The number of pyridine rings is 1. The van der Waals surface area contributed by atoms with E-state index in [1.54, 1.807) is 19.1 Å². The Labute approximate surface area is 102 Å². The van der Waals surface area contributed by atoms with Crippen molar-refractivity contribution in [2.24, 2.45) is 0 Å². The third-order valence-electron chi connectivity index (χ3n) is 1.31. The van der Waals surface area contributed by atoms with Crippen LogP contribution in [0.15, 0.2) is 24.4 Å². The highest BCUT2D eigenvalue weighted by Gasteiger charge is 1.93. The third-order valence-corrected chi connectivity index (χ3v) is 1.31. The molecule has 0 aliphatic heterocycles. The summed E-state index contributed by atoms with van der Waals surface area (Å²) in [6.07, 6.45) is 1.48. The Bertz CT molecular complexity index is 317. The summed E-state index contributed by atoms with van der Waals surface area (Å²) in [5.74, 6) is -1.12. The zero-order valence-corrected chi connectivity index (χ0v) is 10.9. The van der Waals surface area contributed by atoms with Gasteiger partial charge in [0.1, 0.15) is 0 Å². The lowest BCUT2D eigenvalue weighted by atomic mass is 10.4. The molecular formula is C12H19NO4. The minimum atomic E-state index is -0.562. The smallest absolute Gasteiger partial charge is 0.310 e. The maximum atomic E-state index is 10.5. The molecule has 0 aliphatic carbocycles. The summed E-state index contributed by atoms with van der Waals surface area (Å²) in [7, 11) is 0. The molecule has 0 unspecified atom stereocenters. The molecule has 17 heavy (non-hydrogen) atoms. The van der Waals surface area contributed by atoms with E-state index in [0.29, 0.717) is 0 Å². The number of nitrogens with zero attached hydrogens (tertiary/aromatic N) is 1. The quantitative estimate of drug-likeness (QED) is 0.300. The van der Waals surface area contributed by atoms with Crippen LogP contribution in [0.1, 0.15) is 33.4 Å². The molecule has 0 saturated carbocycles. The van der Waals surface area contributed by atoms with E-state index in [1.165, 1.54) is 20.0 Å². The lowest BCUT2D eigenvalue weighted by Crippen LogP contribution is -2.28. The lowest BCUT2D eigenvalue weighted by molar-refractivity contribution is -0.612. The molecule has 1 aromatic heterocycles. The molecule has 0 saturated heterocycles. The van der Waals surface area contributed by atoms with Crippen molar-refractivity contribution in [3.05, 3.63) is 35.3 Å². The minimum absolute atomic E-state index is 0.562. The average molecular weight is 241 g/mol. The summed E-state index contributed by atoms with van der Waals surface area (Å²) in [5, 5.41) is 10.5. The van der Waals surface area contributed by atoms with E-state index < -0.39 is 11.9 Å². The first-order chi connectivity index (χ1) is 7.93. The van der Waals surface area contributed by atoms with Gasteiger partial charge in [-0.2, -0.15) is 4.73 Å². The Kier molecular flexibility index (Phi) is 10.9. The Morgan fingerprint density at radius 2 is 1.65 bits per heavy atom. The number of ether oxygens (including phenoxy) is 1. The minimum Gasteiger partial charge on any atom is -0.619 e. The van der Waals surface area contributed by atoms with Crippen molar-refractivity contribution in [2.75, 3.05) is 0 Å². The molecule has 0 atom stereocenters. The van der Waals surface area contributed by atoms with Crippen LogP contribution in [0.4, 0.5) is 0 Å². The number of esters is 2. The van der Waals surface area contributed by atoms with Crippen LogP contribution in [0.25, 0.3) is 0 Å². The molecule has 96 valence electrons. The molecule has 1 aromatic rings. The molecule has 0 spiro atoms. The molecule has 0 N–H and O–H groups in total. The molecule has 0 aliphatic rings. The van der Waals surface area contributed by atoms with Crippen LogP contribution in [0.2, 0.25) is 0 Å². The van der Waals surface area contributed by atoms with Gasteiger partial charge in [0.25, 0.3) is 0 Å². The van der Waals surface area contributed by atoms with E-state index in [4.69, 9.17) is 0 Å². The fourth-order valence-corrected chi connectivity index (χ4v) is 0.716. The highest BCUT2D eigenvalue weighted by atomic mass is 16.6. The fourth-order valence-electron chi connectivity index (χ4n) is 0.716. The number of hydrogen-bond acceptors (Lipinski definition) is 4. The van der Waals surface area contributed by atoms with E-state index >= 15 is 0 Å². The Balaban J connectivity index is 0. The SMILES string of the molecule is CC.CC(=O)OC(C)=O.Cc1cccc[n+]1[O-]. The maximum absolute atomic E-state index is 10.5. The summed E-state index contributed by atoms with van der Waals surface area (Å²) in [5.41, 5.74) is 0.729. The van der Waals surface area contributed by atoms with Crippen LogP contribution in [0.5, 0.6) is 0 Å². The average Bonchev–Trinajstić information content (AvgIpc) is 2.24. The van der Waals surface area contributed by atoms with Gasteiger partial charge in [-0.1, -0.05) is 19.9 Å². The van der Waals surface area contributed by atoms with Crippen LogP contribution >= 0.6 is 0 Å². The summed E-state index contributed by atoms with van der Waals surface area (Å²) >= 11 is 0. The zero-order chi connectivity index (χ0) is 13.8. The number of rotatable bonds is 0. The maximum Gasteiger partial charge on any atom is 0.310 e. The van der Waals surface area contributed by atoms with Crippen molar-refractivity contribution in [1.29, 1.82) is 0 Å². The van der Waals surface area contributed by atoms with Gasteiger partial charge in [-0.15, -0.1) is 0 Å². The van der Waals surface area contributed by atoms with Crippen LogP contribution in [0, 0.1) is 12.1 Å². The fraction of sp³-hybridized carbons (Fsp3) is 0.417. The van der Waals surface area contributed by atoms with Gasteiger partial charge in [0, 0.05) is 32.9 Å². The van der Waals surface area contributed by atoms with Crippen LogP contribution in [-0.4, -0.2) is 11.9 Å². The standard InChI is InChI=1S/C6H7NO.C4H6O3.C2H6/c1-6-4-2-3-5-7(6)8;1-3(5)7-4(2)6;1-2/h2-5H,1H3;1-2H3;1-2H3. The van der Waals surface area contributed by atoms with Gasteiger partial charge in [-0.3, -0.25) is 9.59 Å². The first-order valence-electron chi connectivity index (χ1n) is 5.27. The van der Waals surface area contributed by atoms with Gasteiger partial charge in [0.05, 0.1) is 0 Å². The number of hydrogen-bond donors (Lipinski definition) is 0. The van der Waals surface area contributed by atoms with E-state index in [2.05, 4.69) is 4.74 Å². The molecule has 0 aromatic carbocycles. The molecule has 5 heteroatoms. The second-order valence-corrected chi connectivity index (χ2v) is 2.75. The van der Waals surface area contributed by atoms with Crippen molar-refractivity contribution >= 4 is 11.9 Å². The monoisotopic (exact) mass is 241 g/mol. The molecule has 0 bridgehead atoms. The highest BCUT2D eigenvalue weighted by Crippen LogP contribution is 1.83. The Hall–Kier alpha value is -1.91. The van der Waals surface area contributed by atoms with Crippen molar-refractivity contribution in [2.45, 2.75) is 34.6 Å². The van der Waals surface area contributed by atoms with E-state index in [9.17, 15) is 14.8 Å². The zero-order valence-electron chi connectivity index (χ0n) is 10.9. The predicted molar refractivity (Wildman–Crippen MR) is 63.9 cm³/mol. The van der Waals surface area contributed by atoms with Crippen LogP contribution in [-0.2, 0) is 14.3 Å². The van der Waals surface area contributed by atoms with Crippen LogP contribution < -0.4 is 4.73 Å². The van der Waals surface area contributed by atoms with Gasteiger partial charge in [0.15, 0.2) is 11.9 Å². The summed E-state index contributed by atoms with van der Waals surface area (Å²) in [4.78, 5) is 19.6. The third kappa shape index (κ3) is 12.0. The van der Waals surface area contributed by atoms with E-state index in [0.717, 1.165) is 10.4 Å². The van der Waals surface area contributed by atoms with Gasteiger partial charge >= 0.3 is 11.9 Å². The topological polar surface area (TPSA) is 70.3 Å². The van der Waals surface area contributed by atoms with Crippen molar-refractivity contribution in [3.63, 3.8) is 0 Å². The first kappa shape index (κ1) is 17.5. The highest BCUT2D eigenvalue weighted by molar-refractivity contribution is 5.82. The molecule has 5 nitrogen and oxygen atoms in total. The molecule has 0 fully saturated rings. The Morgan fingerprint density at radius 1 is 1.18 bits per heavy atom. The number of aromatic nitrogens is 1. The van der Waals surface area contributed by atoms with E-state index in [-0.39, 0.29) is 0 Å². The van der Waals surface area contributed by atoms with Crippen LogP contribution in [0.3, 0.4) is 0 Å². The van der Waals surface area contributed by atoms with Crippen molar-refractivity contribution in [3.8, 4) is 0 Å². The molecule has 0 amide bonds. The van der Waals surface area contributed by atoms with Crippen molar-refractivity contribution in [1.82, 2.24) is 0 Å². The van der Waals surface area contributed by atoms with E-state index in [1.807, 2.05) is 19.9 Å². The number of carbonyl (C=O) groups excluding carboxylic acids is 2. The molecule has 1 rings (SSSR count). The summed E-state index contributed by atoms with van der Waals surface area (Å²) < 4.78 is 4.81. The van der Waals surface area contributed by atoms with Gasteiger partial charge in [-0.25, -0.2) is 0 Å². The second kappa shape index (κ2) is 10.6. The number of aryl methyl sites for hydroxylation is 1. The lowest BCUT2D eigenvalue weighted by Gasteiger charge is -1.95. The first-order valence-corrected chi connectivity index (χ1v) is 5.27.